The number of aromatic amines is 2. The Balaban J connectivity index is 1.82. The summed E-state index contributed by atoms with van der Waals surface area (Å²) in [5.74, 6) is 1.06. The van der Waals surface area contributed by atoms with E-state index in [4.69, 9.17) is 4.74 Å². The van der Waals surface area contributed by atoms with Gasteiger partial charge in [-0.15, -0.1) is 0 Å². The Morgan fingerprint density at radius 3 is 2.96 bits per heavy atom. The fourth-order valence-corrected chi connectivity index (χ4v) is 2.67. The number of carbonyl (C=O) groups is 1. The van der Waals surface area contributed by atoms with Crippen molar-refractivity contribution in [1.82, 2.24) is 24.6 Å². The minimum Gasteiger partial charge on any atom is -0.450 e. The molecule has 0 bridgehead atoms. The lowest BCUT2D eigenvalue weighted by atomic mass is 10.3. The van der Waals surface area contributed by atoms with Gasteiger partial charge in [0.1, 0.15) is 11.6 Å². The SMILES string of the molecule is C=c1[nH]c(=O)[nH]/c1=C\c1cnn2c(NC3CC3)cc(NC(=O)OCC)nc12. The van der Waals surface area contributed by atoms with Crippen LogP contribution in [-0.2, 0) is 4.74 Å². The van der Waals surface area contributed by atoms with Gasteiger partial charge in [-0.3, -0.25) is 5.32 Å². The number of aromatic nitrogens is 5. The molecule has 1 aliphatic carbocycles. The van der Waals surface area contributed by atoms with Crippen molar-refractivity contribution in [2.75, 3.05) is 17.2 Å². The average molecular weight is 369 g/mol. The van der Waals surface area contributed by atoms with Crippen molar-refractivity contribution in [3.8, 4) is 0 Å². The predicted molar refractivity (Wildman–Crippen MR) is 100 cm³/mol. The molecule has 0 radical (unpaired) electrons. The summed E-state index contributed by atoms with van der Waals surface area (Å²) in [7, 11) is 0. The summed E-state index contributed by atoms with van der Waals surface area (Å²) in [6, 6.07) is 2.10. The highest BCUT2D eigenvalue weighted by Crippen LogP contribution is 2.27. The summed E-state index contributed by atoms with van der Waals surface area (Å²) in [6.07, 6.45) is 4.95. The fraction of sp³-hybridized carbons (Fsp3) is 0.294. The van der Waals surface area contributed by atoms with E-state index in [9.17, 15) is 9.59 Å². The normalized spacial score (nSPS) is 14.5. The maximum Gasteiger partial charge on any atom is 0.412 e. The van der Waals surface area contributed by atoms with Crippen LogP contribution in [0.2, 0.25) is 0 Å². The zero-order valence-corrected chi connectivity index (χ0v) is 14.7. The van der Waals surface area contributed by atoms with Gasteiger partial charge in [0.2, 0.25) is 0 Å². The van der Waals surface area contributed by atoms with E-state index in [1.807, 2.05) is 0 Å². The number of fused-ring (bicyclic) bond motifs is 1. The molecular formula is C17H19N7O3. The van der Waals surface area contributed by atoms with E-state index in [-0.39, 0.29) is 12.3 Å². The van der Waals surface area contributed by atoms with E-state index in [0.717, 1.165) is 12.8 Å². The summed E-state index contributed by atoms with van der Waals surface area (Å²) in [6.45, 7) is 5.79. The van der Waals surface area contributed by atoms with Crippen molar-refractivity contribution in [3.63, 3.8) is 0 Å². The molecule has 1 saturated carbocycles. The number of rotatable bonds is 5. The Morgan fingerprint density at radius 2 is 2.30 bits per heavy atom. The second-order valence-corrected chi connectivity index (χ2v) is 6.24. The number of imidazole rings is 1. The lowest BCUT2D eigenvalue weighted by molar-refractivity contribution is 0.168. The first-order valence-corrected chi connectivity index (χ1v) is 8.61. The van der Waals surface area contributed by atoms with E-state index in [1.165, 1.54) is 0 Å². The topological polar surface area (TPSA) is 129 Å². The van der Waals surface area contributed by atoms with E-state index in [2.05, 4.69) is 37.3 Å². The molecule has 0 atom stereocenters. The molecule has 0 unspecified atom stereocenters. The van der Waals surface area contributed by atoms with Crippen LogP contribution in [-0.4, -0.2) is 43.3 Å². The molecule has 3 aromatic heterocycles. The summed E-state index contributed by atoms with van der Waals surface area (Å²) >= 11 is 0. The van der Waals surface area contributed by atoms with Gasteiger partial charge < -0.3 is 20.0 Å². The zero-order chi connectivity index (χ0) is 19.0. The average Bonchev–Trinajstić information content (AvgIpc) is 3.24. The van der Waals surface area contributed by atoms with Crippen LogP contribution >= 0.6 is 0 Å². The molecule has 1 aliphatic rings. The molecule has 1 amide bonds. The van der Waals surface area contributed by atoms with Gasteiger partial charge in [0.05, 0.1) is 23.5 Å². The fourth-order valence-electron chi connectivity index (χ4n) is 2.67. The standard InChI is InChI=1S/C17H19N7O3/c1-3-27-17(26)23-13-7-14(20-11-4-5-11)24-15(22-13)10(8-18-24)6-12-9(2)19-16(25)21-12/h6-8,11,20H,2-5H2,1H3,(H2,19,21,25)(H,22,23,26)/b12-6-. The molecule has 0 saturated heterocycles. The van der Waals surface area contributed by atoms with Crippen molar-refractivity contribution >= 4 is 36.0 Å². The molecule has 0 aliphatic heterocycles. The van der Waals surface area contributed by atoms with Crippen LogP contribution in [0, 0.1) is 0 Å². The van der Waals surface area contributed by atoms with Gasteiger partial charge in [-0.2, -0.15) is 9.61 Å². The third kappa shape index (κ3) is 3.54. The van der Waals surface area contributed by atoms with Crippen molar-refractivity contribution in [1.29, 1.82) is 0 Å². The maximum absolute atomic E-state index is 11.8. The monoisotopic (exact) mass is 369 g/mol. The second kappa shape index (κ2) is 6.63. The number of hydrogen-bond acceptors (Lipinski definition) is 6. The number of nitrogens with zero attached hydrogens (tertiary/aromatic N) is 3. The molecule has 10 nitrogen and oxygen atoms in total. The first-order chi connectivity index (χ1) is 13.0. The van der Waals surface area contributed by atoms with Crippen LogP contribution in [0.3, 0.4) is 0 Å². The van der Waals surface area contributed by atoms with Gasteiger partial charge in [0.25, 0.3) is 0 Å². The van der Waals surface area contributed by atoms with Gasteiger partial charge in [-0.05, 0) is 25.8 Å². The Hall–Kier alpha value is -3.56. The van der Waals surface area contributed by atoms with Gasteiger partial charge in [-0.1, -0.05) is 6.58 Å². The van der Waals surface area contributed by atoms with E-state index >= 15 is 0 Å². The smallest absolute Gasteiger partial charge is 0.412 e. The molecule has 10 heteroatoms. The molecule has 3 aromatic rings. The maximum atomic E-state index is 11.8. The largest absolute Gasteiger partial charge is 0.450 e. The molecule has 0 spiro atoms. The van der Waals surface area contributed by atoms with Crippen LogP contribution in [0.15, 0.2) is 17.1 Å². The highest BCUT2D eigenvalue weighted by atomic mass is 16.5. The van der Waals surface area contributed by atoms with Crippen molar-refractivity contribution < 1.29 is 9.53 Å². The number of hydrogen-bond donors (Lipinski definition) is 4. The van der Waals surface area contributed by atoms with Crippen molar-refractivity contribution in [3.05, 3.63) is 39.0 Å². The molecule has 4 N–H and O–H groups in total. The van der Waals surface area contributed by atoms with E-state index in [1.54, 1.807) is 29.8 Å². The lowest BCUT2D eigenvalue weighted by Gasteiger charge is -2.10. The minimum atomic E-state index is -0.577. The summed E-state index contributed by atoms with van der Waals surface area (Å²) < 4.78 is 6.58. The van der Waals surface area contributed by atoms with Crippen LogP contribution in [0.1, 0.15) is 25.3 Å². The quantitative estimate of drug-likeness (QED) is 0.506. The van der Waals surface area contributed by atoms with Gasteiger partial charge in [0, 0.05) is 17.7 Å². The van der Waals surface area contributed by atoms with E-state index < -0.39 is 6.09 Å². The Morgan fingerprint density at radius 1 is 1.48 bits per heavy atom. The van der Waals surface area contributed by atoms with Gasteiger partial charge in [0.15, 0.2) is 5.65 Å². The van der Waals surface area contributed by atoms with E-state index in [0.29, 0.717) is 39.6 Å². The number of amides is 1. The number of ether oxygens (including phenoxy) is 1. The van der Waals surface area contributed by atoms with Crippen LogP contribution < -0.4 is 27.0 Å². The summed E-state index contributed by atoms with van der Waals surface area (Å²) in [4.78, 5) is 32.9. The minimum absolute atomic E-state index is 0.264. The Kier molecular flexibility index (Phi) is 4.15. The summed E-state index contributed by atoms with van der Waals surface area (Å²) in [5.41, 5.74) is 0.854. The first-order valence-electron chi connectivity index (χ1n) is 8.61. The Labute approximate surface area is 153 Å². The third-order valence-electron chi connectivity index (χ3n) is 4.07. The molecule has 140 valence electrons. The number of carbonyl (C=O) groups excluding carboxylic acids is 1. The van der Waals surface area contributed by atoms with Crippen LogP contribution in [0.25, 0.3) is 18.3 Å². The van der Waals surface area contributed by atoms with Gasteiger partial charge in [-0.25, -0.2) is 14.6 Å². The molecule has 4 rings (SSSR count). The number of H-pyrrole nitrogens is 2. The first kappa shape index (κ1) is 16.9. The number of anilines is 2. The zero-order valence-electron chi connectivity index (χ0n) is 14.7. The predicted octanol–water partition coefficient (Wildman–Crippen LogP) is 0.128. The second-order valence-electron chi connectivity index (χ2n) is 6.24. The molecular weight excluding hydrogens is 350 g/mol. The van der Waals surface area contributed by atoms with Crippen molar-refractivity contribution in [2.24, 2.45) is 0 Å². The van der Waals surface area contributed by atoms with Crippen molar-refractivity contribution in [2.45, 2.75) is 25.8 Å². The third-order valence-corrected chi connectivity index (χ3v) is 4.07. The molecule has 27 heavy (non-hydrogen) atoms. The highest BCUT2D eigenvalue weighted by Gasteiger charge is 2.23. The molecule has 1 fully saturated rings. The Bertz CT molecular complexity index is 1170. The number of nitrogens with one attached hydrogen (secondary N) is 4. The van der Waals surface area contributed by atoms with Gasteiger partial charge >= 0.3 is 11.8 Å². The molecule has 0 aromatic carbocycles. The van der Waals surface area contributed by atoms with Crippen LogP contribution in [0.5, 0.6) is 0 Å². The summed E-state index contributed by atoms with van der Waals surface area (Å²) in [5, 5.41) is 11.4. The highest BCUT2D eigenvalue weighted by molar-refractivity contribution is 5.84. The molecule has 3 heterocycles. The van der Waals surface area contributed by atoms with Crippen LogP contribution in [0.4, 0.5) is 16.4 Å². The lowest BCUT2D eigenvalue weighted by Crippen LogP contribution is -2.22.